The van der Waals surface area contributed by atoms with Crippen molar-refractivity contribution >= 4 is 17.3 Å². The Balaban J connectivity index is 2.75. The molecule has 0 radical (unpaired) electrons. The quantitative estimate of drug-likeness (QED) is 0.361. The van der Waals surface area contributed by atoms with Crippen LogP contribution in [0.2, 0.25) is 5.28 Å². The van der Waals surface area contributed by atoms with Gasteiger partial charge in [0.25, 0.3) is 5.88 Å². The van der Waals surface area contributed by atoms with E-state index < -0.39 is 29.1 Å². The molecule has 10 heteroatoms. The van der Waals surface area contributed by atoms with Crippen molar-refractivity contribution in [3.05, 3.63) is 21.1 Å². The molecule has 0 aliphatic carbocycles. The first-order chi connectivity index (χ1) is 8.70. The normalized spacial score (nSPS) is 11.4. The summed E-state index contributed by atoms with van der Waals surface area (Å²) in [4.78, 5) is 17.1. The maximum atomic E-state index is 11.9. The van der Waals surface area contributed by atoms with E-state index in [0.29, 0.717) is 0 Å². The van der Waals surface area contributed by atoms with Gasteiger partial charge >= 0.3 is 11.9 Å². The van der Waals surface area contributed by atoms with Crippen LogP contribution in [0.3, 0.4) is 0 Å². The number of rotatable bonds is 5. The zero-order valence-electron chi connectivity index (χ0n) is 9.70. The predicted molar refractivity (Wildman–Crippen MR) is 59.2 cm³/mol. The highest BCUT2D eigenvalue weighted by molar-refractivity contribution is 6.28. The van der Waals surface area contributed by atoms with Gasteiger partial charge in [0.1, 0.15) is 5.69 Å². The summed E-state index contributed by atoms with van der Waals surface area (Å²) in [5.74, 6) is -0.426. The summed E-state index contributed by atoms with van der Waals surface area (Å²) >= 11 is 5.51. The Morgan fingerprint density at radius 1 is 1.42 bits per heavy atom. The second-order valence-electron chi connectivity index (χ2n) is 3.56. The van der Waals surface area contributed by atoms with Crippen molar-refractivity contribution in [3.63, 3.8) is 0 Å². The Labute approximate surface area is 110 Å². The minimum Gasteiger partial charge on any atom is -0.473 e. The Kier molecular flexibility index (Phi) is 4.87. The third-order valence-electron chi connectivity index (χ3n) is 2.02. The van der Waals surface area contributed by atoms with Gasteiger partial charge in [0.2, 0.25) is 5.28 Å². The van der Waals surface area contributed by atoms with E-state index in [4.69, 9.17) is 16.3 Å². The standard InChI is InChI=1S/C9H9ClF3N3O3/c1-5-6(16(17)18)7(15-8(10)14-5)19-4-2-3-9(11,12)13/h2-4H2,1H3. The monoisotopic (exact) mass is 299 g/mol. The van der Waals surface area contributed by atoms with Gasteiger partial charge in [-0.15, -0.1) is 0 Å². The van der Waals surface area contributed by atoms with Gasteiger partial charge in [-0.05, 0) is 24.9 Å². The number of hydrogen-bond acceptors (Lipinski definition) is 5. The van der Waals surface area contributed by atoms with Gasteiger partial charge in [0.05, 0.1) is 11.5 Å². The van der Waals surface area contributed by atoms with E-state index in [1.165, 1.54) is 6.92 Å². The van der Waals surface area contributed by atoms with E-state index in [0.717, 1.165) is 0 Å². The van der Waals surface area contributed by atoms with Gasteiger partial charge in [-0.25, -0.2) is 4.98 Å². The molecule has 0 N–H and O–H groups in total. The van der Waals surface area contributed by atoms with Crippen molar-refractivity contribution in [2.24, 2.45) is 0 Å². The molecule has 0 atom stereocenters. The summed E-state index contributed by atoms with van der Waals surface area (Å²) in [6.07, 6.45) is -5.67. The number of aryl methyl sites for hydroxylation is 1. The summed E-state index contributed by atoms with van der Waals surface area (Å²) in [6, 6.07) is 0. The molecule has 0 aromatic carbocycles. The molecule has 0 amide bonds. The van der Waals surface area contributed by atoms with Gasteiger partial charge < -0.3 is 4.74 Å². The van der Waals surface area contributed by atoms with Crippen LogP contribution >= 0.6 is 11.6 Å². The van der Waals surface area contributed by atoms with Crippen LogP contribution in [-0.4, -0.2) is 27.7 Å². The van der Waals surface area contributed by atoms with Crippen molar-refractivity contribution < 1.29 is 22.8 Å². The summed E-state index contributed by atoms with van der Waals surface area (Å²) in [6.45, 7) is 0.974. The average Bonchev–Trinajstić information content (AvgIpc) is 2.21. The fourth-order valence-electron chi connectivity index (χ4n) is 1.26. The third kappa shape index (κ3) is 4.86. The molecule has 1 aromatic heterocycles. The maximum Gasteiger partial charge on any atom is 0.389 e. The number of aromatic nitrogens is 2. The number of alkyl halides is 3. The highest BCUT2D eigenvalue weighted by atomic mass is 35.5. The molecule has 6 nitrogen and oxygen atoms in total. The van der Waals surface area contributed by atoms with Gasteiger partial charge in [-0.2, -0.15) is 18.2 Å². The molecule has 0 fully saturated rings. The summed E-state index contributed by atoms with van der Waals surface area (Å²) < 4.78 is 40.6. The van der Waals surface area contributed by atoms with Crippen LogP contribution in [0, 0.1) is 17.0 Å². The number of ether oxygens (including phenoxy) is 1. The molecule has 0 aliphatic rings. The van der Waals surface area contributed by atoms with E-state index in [1.807, 2.05) is 0 Å². The fourth-order valence-corrected chi connectivity index (χ4v) is 1.46. The summed E-state index contributed by atoms with van der Waals surface area (Å²) in [7, 11) is 0. The average molecular weight is 300 g/mol. The number of nitro groups is 1. The number of halogens is 4. The lowest BCUT2D eigenvalue weighted by Gasteiger charge is -2.08. The van der Waals surface area contributed by atoms with Crippen molar-refractivity contribution in [1.29, 1.82) is 0 Å². The van der Waals surface area contributed by atoms with Gasteiger partial charge in [0.15, 0.2) is 0 Å². The van der Waals surface area contributed by atoms with Crippen LogP contribution in [0.1, 0.15) is 18.5 Å². The Morgan fingerprint density at radius 2 is 2.05 bits per heavy atom. The number of nitrogens with zero attached hydrogens (tertiary/aromatic N) is 3. The van der Waals surface area contributed by atoms with Gasteiger partial charge in [-0.3, -0.25) is 10.1 Å². The summed E-state index contributed by atoms with van der Waals surface area (Å²) in [5, 5.41) is 10.5. The Bertz CT molecular complexity index is 482. The molecule has 0 saturated carbocycles. The molecule has 0 spiro atoms. The van der Waals surface area contributed by atoms with Gasteiger partial charge in [-0.1, -0.05) is 0 Å². The molecule has 0 saturated heterocycles. The van der Waals surface area contributed by atoms with Crippen molar-refractivity contribution in [2.45, 2.75) is 25.9 Å². The first-order valence-corrected chi connectivity index (χ1v) is 5.46. The molecule has 106 valence electrons. The molecule has 19 heavy (non-hydrogen) atoms. The molecule has 0 unspecified atom stereocenters. The third-order valence-corrected chi connectivity index (χ3v) is 2.19. The minimum atomic E-state index is -4.30. The highest BCUT2D eigenvalue weighted by Crippen LogP contribution is 2.29. The van der Waals surface area contributed by atoms with E-state index in [1.54, 1.807) is 0 Å². The van der Waals surface area contributed by atoms with Crippen LogP contribution < -0.4 is 4.74 Å². The van der Waals surface area contributed by atoms with E-state index in [-0.39, 0.29) is 24.0 Å². The minimum absolute atomic E-state index is 0.0178. The molecule has 1 aromatic rings. The van der Waals surface area contributed by atoms with Crippen molar-refractivity contribution in [2.75, 3.05) is 6.61 Å². The molecular weight excluding hydrogens is 291 g/mol. The van der Waals surface area contributed by atoms with Crippen LogP contribution in [0.5, 0.6) is 5.88 Å². The zero-order chi connectivity index (χ0) is 14.6. The summed E-state index contributed by atoms with van der Waals surface area (Å²) in [5.41, 5.74) is -0.521. The van der Waals surface area contributed by atoms with Gasteiger partial charge in [0, 0.05) is 6.42 Å². The predicted octanol–water partition coefficient (Wildman–Crippen LogP) is 3.07. The lowest BCUT2D eigenvalue weighted by atomic mass is 10.3. The highest BCUT2D eigenvalue weighted by Gasteiger charge is 2.27. The van der Waals surface area contributed by atoms with Crippen LogP contribution in [-0.2, 0) is 0 Å². The Morgan fingerprint density at radius 3 is 2.58 bits per heavy atom. The first kappa shape index (κ1) is 15.4. The van der Waals surface area contributed by atoms with Crippen molar-refractivity contribution in [3.8, 4) is 5.88 Å². The van der Waals surface area contributed by atoms with Crippen LogP contribution in [0.15, 0.2) is 0 Å². The largest absolute Gasteiger partial charge is 0.473 e. The van der Waals surface area contributed by atoms with E-state index in [9.17, 15) is 23.3 Å². The van der Waals surface area contributed by atoms with E-state index >= 15 is 0 Å². The van der Waals surface area contributed by atoms with Crippen LogP contribution in [0.25, 0.3) is 0 Å². The van der Waals surface area contributed by atoms with Crippen molar-refractivity contribution in [1.82, 2.24) is 9.97 Å². The second kappa shape index (κ2) is 6.00. The Hall–Kier alpha value is -1.64. The molecule has 1 rings (SSSR count). The maximum absolute atomic E-state index is 11.9. The molecule has 0 bridgehead atoms. The lowest BCUT2D eigenvalue weighted by molar-refractivity contribution is -0.387. The molecular formula is C9H9ClF3N3O3. The fraction of sp³-hybridized carbons (Fsp3) is 0.556. The smallest absolute Gasteiger partial charge is 0.389 e. The van der Waals surface area contributed by atoms with E-state index in [2.05, 4.69) is 9.97 Å². The molecule has 1 heterocycles. The van der Waals surface area contributed by atoms with Crippen LogP contribution in [0.4, 0.5) is 18.9 Å². The lowest BCUT2D eigenvalue weighted by Crippen LogP contribution is -2.11. The first-order valence-electron chi connectivity index (χ1n) is 5.09. The number of hydrogen-bond donors (Lipinski definition) is 0. The second-order valence-corrected chi connectivity index (χ2v) is 3.89. The molecule has 0 aliphatic heterocycles. The topological polar surface area (TPSA) is 78.2 Å². The zero-order valence-corrected chi connectivity index (χ0v) is 10.5. The SMILES string of the molecule is Cc1nc(Cl)nc(OCCCC(F)(F)F)c1[N+](=O)[O-].